The molecule has 2 fully saturated rings. The minimum Gasteiger partial charge on any atom is -0.392 e. The second-order valence-electron chi connectivity index (χ2n) is 12.8. The Hall–Kier alpha value is -3.56. The molecule has 0 radical (unpaired) electrons. The largest absolute Gasteiger partial charge is 0.392 e. The monoisotopic (exact) mass is 654 g/mol. The van der Waals surface area contributed by atoms with Gasteiger partial charge in [-0.15, -0.1) is 0 Å². The third-order valence-electron chi connectivity index (χ3n) is 9.67. The molecule has 2 aliphatic heterocycles. The maximum atomic E-state index is 11.6. The summed E-state index contributed by atoms with van der Waals surface area (Å²) in [6, 6.07) is 31.8. The van der Waals surface area contributed by atoms with Crippen molar-refractivity contribution >= 4 is 17.5 Å². The Bertz CT molecular complexity index is 1640. The Kier molecular flexibility index (Phi) is 10.4. The molecular weight excluding hydrogens is 612 g/mol. The zero-order valence-corrected chi connectivity index (χ0v) is 27.7. The van der Waals surface area contributed by atoms with Gasteiger partial charge in [-0.25, -0.2) is 0 Å². The van der Waals surface area contributed by atoms with Gasteiger partial charge < -0.3 is 29.9 Å². The topological polar surface area (TPSA) is 91.3 Å². The van der Waals surface area contributed by atoms with Crippen molar-refractivity contribution in [1.82, 2.24) is 10.2 Å². The highest BCUT2D eigenvalue weighted by Crippen LogP contribution is 2.43. The third kappa shape index (κ3) is 7.78. The molecule has 1 amide bonds. The van der Waals surface area contributed by atoms with E-state index in [9.17, 15) is 15.0 Å². The molecule has 2 aliphatic rings. The van der Waals surface area contributed by atoms with Crippen molar-refractivity contribution in [3.05, 3.63) is 130 Å². The van der Waals surface area contributed by atoms with E-state index in [1.54, 1.807) is 0 Å². The molecule has 0 bridgehead atoms. The van der Waals surface area contributed by atoms with Crippen LogP contribution in [0.15, 0.2) is 97.1 Å². The molecule has 246 valence electrons. The quantitative estimate of drug-likeness (QED) is 0.182. The van der Waals surface area contributed by atoms with Crippen LogP contribution in [0.1, 0.15) is 66.9 Å². The number of nitrogens with zero attached hydrogens (tertiary/aromatic N) is 1. The summed E-state index contributed by atoms with van der Waals surface area (Å²) in [5, 5.41) is 24.6. The second-order valence-corrected chi connectivity index (χ2v) is 13.3. The van der Waals surface area contributed by atoms with Crippen LogP contribution in [0.2, 0.25) is 5.02 Å². The molecule has 4 aromatic carbocycles. The molecule has 0 spiro atoms. The van der Waals surface area contributed by atoms with Gasteiger partial charge in [-0.05, 0) is 58.4 Å². The second kappa shape index (κ2) is 14.7. The number of rotatable bonds is 9. The molecule has 4 unspecified atom stereocenters. The summed E-state index contributed by atoms with van der Waals surface area (Å²) in [6.45, 7) is 6.38. The molecule has 4 atom stereocenters. The number of ether oxygens (including phenoxy) is 2. The molecule has 8 heteroatoms. The van der Waals surface area contributed by atoms with E-state index in [0.29, 0.717) is 24.4 Å². The van der Waals surface area contributed by atoms with E-state index in [2.05, 4.69) is 47.5 Å². The first kappa shape index (κ1) is 33.3. The summed E-state index contributed by atoms with van der Waals surface area (Å²) in [5.41, 5.74) is 6.03. The van der Waals surface area contributed by atoms with Crippen LogP contribution in [0.3, 0.4) is 0 Å². The molecule has 0 aliphatic carbocycles. The van der Waals surface area contributed by atoms with Gasteiger partial charge in [0.25, 0.3) is 0 Å². The summed E-state index contributed by atoms with van der Waals surface area (Å²) in [6.07, 6.45) is 0.369. The van der Waals surface area contributed by atoms with Crippen molar-refractivity contribution in [2.75, 3.05) is 19.6 Å². The smallest absolute Gasteiger partial charge is 0.217 e. The highest BCUT2D eigenvalue weighted by molar-refractivity contribution is 6.30. The molecule has 0 saturated carbocycles. The lowest BCUT2D eigenvalue weighted by molar-refractivity contribution is -0.277. The average Bonchev–Trinajstić information content (AvgIpc) is 3.10. The lowest BCUT2D eigenvalue weighted by Gasteiger charge is -2.45. The Labute approximate surface area is 282 Å². The van der Waals surface area contributed by atoms with Gasteiger partial charge in [0.15, 0.2) is 6.29 Å². The van der Waals surface area contributed by atoms with E-state index in [4.69, 9.17) is 21.1 Å². The van der Waals surface area contributed by atoms with Crippen molar-refractivity contribution in [2.45, 2.75) is 63.9 Å². The van der Waals surface area contributed by atoms with Gasteiger partial charge in [-0.3, -0.25) is 4.79 Å². The Balaban J connectivity index is 1.21. The summed E-state index contributed by atoms with van der Waals surface area (Å²) < 4.78 is 13.4. The van der Waals surface area contributed by atoms with Gasteiger partial charge in [0.05, 0.1) is 24.4 Å². The van der Waals surface area contributed by atoms with Crippen LogP contribution in [0, 0.1) is 5.92 Å². The summed E-state index contributed by atoms with van der Waals surface area (Å²) in [5.74, 6) is -0.00360. The van der Waals surface area contributed by atoms with Crippen LogP contribution in [0.25, 0.3) is 11.1 Å². The van der Waals surface area contributed by atoms with Crippen LogP contribution in [-0.2, 0) is 33.0 Å². The SMILES string of the molecule is CC(=O)NCc1ccccc1-c1ccc(C2OC(CN3CCC(O)(c4ccc(Cl)cc4)CC3)C(C)C(c3ccc(CO)cc3)O2)cc1. The molecule has 4 aromatic rings. The van der Waals surface area contributed by atoms with E-state index in [0.717, 1.165) is 58.6 Å². The van der Waals surface area contributed by atoms with Crippen molar-refractivity contribution < 1.29 is 24.5 Å². The minimum atomic E-state index is -0.870. The van der Waals surface area contributed by atoms with Crippen LogP contribution in [0.4, 0.5) is 0 Å². The van der Waals surface area contributed by atoms with Crippen LogP contribution in [-0.4, -0.2) is 46.8 Å². The van der Waals surface area contributed by atoms with Gasteiger partial charge in [0, 0.05) is 49.6 Å². The number of piperidine rings is 1. The number of aliphatic hydroxyl groups excluding tert-OH is 1. The highest BCUT2D eigenvalue weighted by Gasteiger charge is 2.41. The van der Waals surface area contributed by atoms with Crippen molar-refractivity contribution in [3.63, 3.8) is 0 Å². The number of amides is 1. The Morgan fingerprint density at radius 3 is 2.23 bits per heavy atom. The number of aliphatic hydroxyl groups is 2. The number of halogens is 1. The standard InChI is InChI=1S/C39H43ClN2O5/c1-26-36(24-42-21-19-39(45,20-22-42)33-15-17-34(40)18-16-33)46-38(47-37(26)30-9-7-28(25-43)8-10-30)31-13-11-29(12-14-31)35-6-4-3-5-32(35)23-41-27(2)44/h3-18,26,36-38,43,45H,19-25H2,1-2H3,(H,41,44). The van der Waals surface area contributed by atoms with Crippen LogP contribution in [0.5, 0.6) is 0 Å². The highest BCUT2D eigenvalue weighted by atomic mass is 35.5. The van der Waals surface area contributed by atoms with E-state index >= 15 is 0 Å². The fourth-order valence-corrected chi connectivity index (χ4v) is 6.86. The summed E-state index contributed by atoms with van der Waals surface area (Å²) >= 11 is 6.09. The normalized spacial score (nSPS) is 22.9. The van der Waals surface area contributed by atoms with Gasteiger partial charge in [-0.1, -0.05) is 103 Å². The number of hydrogen-bond donors (Lipinski definition) is 3. The molecule has 2 saturated heterocycles. The summed E-state index contributed by atoms with van der Waals surface area (Å²) in [4.78, 5) is 13.9. The number of likely N-dealkylation sites (tertiary alicyclic amines) is 1. The number of nitrogens with one attached hydrogen (secondary N) is 1. The third-order valence-corrected chi connectivity index (χ3v) is 9.92. The van der Waals surface area contributed by atoms with Crippen LogP contribution < -0.4 is 5.32 Å². The summed E-state index contributed by atoms with van der Waals surface area (Å²) in [7, 11) is 0. The average molecular weight is 655 g/mol. The lowest BCUT2D eigenvalue weighted by atomic mass is 9.84. The fraction of sp³-hybridized carbons (Fsp3) is 0.359. The predicted molar refractivity (Wildman–Crippen MR) is 183 cm³/mol. The number of benzene rings is 4. The molecule has 7 nitrogen and oxygen atoms in total. The van der Waals surface area contributed by atoms with Gasteiger partial charge in [0.2, 0.25) is 5.91 Å². The van der Waals surface area contributed by atoms with E-state index < -0.39 is 11.9 Å². The zero-order valence-electron chi connectivity index (χ0n) is 26.9. The number of hydrogen-bond acceptors (Lipinski definition) is 6. The number of carbonyl (C=O) groups is 1. The zero-order chi connectivity index (χ0) is 33.0. The lowest BCUT2D eigenvalue weighted by Crippen LogP contribution is -2.49. The molecule has 2 heterocycles. The van der Waals surface area contributed by atoms with E-state index in [-0.39, 0.29) is 30.6 Å². The predicted octanol–water partition coefficient (Wildman–Crippen LogP) is 6.91. The number of carbonyl (C=O) groups excluding carboxylic acids is 1. The molecule has 0 aromatic heterocycles. The Morgan fingerprint density at radius 1 is 0.915 bits per heavy atom. The Morgan fingerprint density at radius 2 is 1.57 bits per heavy atom. The minimum absolute atomic E-state index is 0.00661. The molecule has 47 heavy (non-hydrogen) atoms. The molecular formula is C39H43ClN2O5. The van der Waals surface area contributed by atoms with E-state index in [1.165, 1.54) is 6.92 Å². The molecule has 6 rings (SSSR count). The first-order valence-corrected chi connectivity index (χ1v) is 16.7. The van der Waals surface area contributed by atoms with Gasteiger partial charge in [0.1, 0.15) is 0 Å². The first-order chi connectivity index (χ1) is 22.7. The van der Waals surface area contributed by atoms with Crippen molar-refractivity contribution in [2.24, 2.45) is 5.92 Å². The first-order valence-electron chi connectivity index (χ1n) is 16.4. The maximum absolute atomic E-state index is 11.6. The van der Waals surface area contributed by atoms with Crippen molar-refractivity contribution in [1.29, 1.82) is 0 Å². The van der Waals surface area contributed by atoms with E-state index in [1.807, 2.05) is 66.7 Å². The molecule has 3 N–H and O–H groups in total. The maximum Gasteiger partial charge on any atom is 0.217 e. The van der Waals surface area contributed by atoms with Crippen molar-refractivity contribution in [3.8, 4) is 11.1 Å². The van der Waals surface area contributed by atoms with Gasteiger partial charge in [-0.2, -0.15) is 0 Å². The fourth-order valence-electron chi connectivity index (χ4n) is 6.73. The van der Waals surface area contributed by atoms with Crippen LogP contribution >= 0.6 is 11.6 Å². The van der Waals surface area contributed by atoms with Gasteiger partial charge >= 0.3 is 0 Å².